The van der Waals surface area contributed by atoms with E-state index in [1.54, 1.807) is 23.3 Å². The zero-order valence-corrected chi connectivity index (χ0v) is 16.8. The Morgan fingerprint density at radius 3 is 2.04 bits per heavy atom. The topological polar surface area (TPSA) is 46.6 Å². The molecule has 0 radical (unpaired) electrons. The molecule has 0 saturated heterocycles. The molecule has 2 aromatic carbocycles. The minimum Gasteiger partial charge on any atom is -0.455 e. The first-order valence-corrected chi connectivity index (χ1v) is 9.97. The summed E-state index contributed by atoms with van der Waals surface area (Å²) < 4.78 is 5.42. The van der Waals surface area contributed by atoms with Crippen LogP contribution in [-0.4, -0.2) is 30.4 Å². The monoisotopic (exact) mass is 393 g/mol. The molecule has 0 aliphatic rings. The van der Waals surface area contributed by atoms with Crippen LogP contribution in [0.15, 0.2) is 72.1 Å². The van der Waals surface area contributed by atoms with Crippen LogP contribution < -0.4 is 0 Å². The summed E-state index contributed by atoms with van der Waals surface area (Å²) in [6, 6.07) is 21.0. The Hall–Kier alpha value is -2.92. The van der Waals surface area contributed by atoms with Crippen LogP contribution in [0.2, 0.25) is 0 Å². The molecule has 0 aliphatic carbocycles. The Morgan fingerprint density at radius 1 is 0.964 bits per heavy atom. The number of hydrogen-bond acceptors (Lipinski definition) is 4. The standard InChI is InChI=1S/C23H23NO3S/c1-17-13-14-28-20(17)15-24(2)21(25)16-27-23(26)22(18-9-5-3-6-10-18)19-11-7-4-8-12-19/h3-14,22H,15-16H2,1-2H3. The van der Waals surface area contributed by atoms with E-state index in [2.05, 4.69) is 0 Å². The minimum atomic E-state index is -0.556. The van der Waals surface area contributed by atoms with Gasteiger partial charge in [-0.25, -0.2) is 0 Å². The summed E-state index contributed by atoms with van der Waals surface area (Å²) in [5.74, 6) is -1.20. The summed E-state index contributed by atoms with van der Waals surface area (Å²) in [6.45, 7) is 2.27. The number of esters is 1. The molecule has 0 N–H and O–H groups in total. The molecule has 0 saturated carbocycles. The van der Waals surface area contributed by atoms with Crippen LogP contribution in [0.5, 0.6) is 0 Å². The normalized spacial score (nSPS) is 10.7. The molecular formula is C23H23NO3S. The fraction of sp³-hybridized carbons (Fsp3) is 0.217. The molecule has 0 fully saturated rings. The van der Waals surface area contributed by atoms with Gasteiger partial charge in [0.15, 0.2) is 6.61 Å². The third-order valence-corrected chi connectivity index (χ3v) is 5.62. The quantitative estimate of drug-likeness (QED) is 0.559. The number of carbonyl (C=O) groups excluding carboxylic acids is 2. The van der Waals surface area contributed by atoms with Crippen LogP contribution in [-0.2, 0) is 20.9 Å². The number of amides is 1. The van der Waals surface area contributed by atoms with Crippen molar-refractivity contribution >= 4 is 23.2 Å². The molecule has 3 aromatic rings. The molecule has 1 aromatic heterocycles. The molecule has 28 heavy (non-hydrogen) atoms. The summed E-state index contributed by atoms with van der Waals surface area (Å²) in [5.41, 5.74) is 2.84. The number of carbonyl (C=O) groups is 2. The van der Waals surface area contributed by atoms with Gasteiger partial charge in [-0.3, -0.25) is 9.59 Å². The molecular weight excluding hydrogens is 370 g/mol. The van der Waals surface area contributed by atoms with E-state index in [0.29, 0.717) is 6.54 Å². The van der Waals surface area contributed by atoms with Crippen LogP contribution in [0.4, 0.5) is 0 Å². The average Bonchev–Trinajstić information content (AvgIpc) is 3.12. The van der Waals surface area contributed by atoms with Crippen molar-refractivity contribution in [3.05, 3.63) is 93.7 Å². The molecule has 0 bridgehead atoms. The summed E-state index contributed by atoms with van der Waals surface area (Å²) in [5, 5.41) is 2.01. The number of ether oxygens (including phenoxy) is 1. The van der Waals surface area contributed by atoms with Gasteiger partial charge in [-0.15, -0.1) is 11.3 Å². The van der Waals surface area contributed by atoms with Crippen molar-refractivity contribution in [1.29, 1.82) is 0 Å². The predicted octanol–water partition coefficient (Wildman–Crippen LogP) is 4.39. The largest absolute Gasteiger partial charge is 0.455 e. The van der Waals surface area contributed by atoms with Crippen molar-refractivity contribution in [3.63, 3.8) is 0 Å². The second-order valence-electron chi connectivity index (χ2n) is 6.64. The fourth-order valence-corrected chi connectivity index (χ4v) is 3.91. The van der Waals surface area contributed by atoms with Crippen LogP contribution in [0.1, 0.15) is 27.5 Å². The number of thiophene rings is 1. The summed E-state index contributed by atoms with van der Waals surface area (Å²) in [4.78, 5) is 28.0. The van der Waals surface area contributed by atoms with E-state index < -0.39 is 11.9 Å². The first-order chi connectivity index (χ1) is 13.6. The Balaban J connectivity index is 1.67. The van der Waals surface area contributed by atoms with Crippen molar-refractivity contribution in [1.82, 2.24) is 4.90 Å². The maximum absolute atomic E-state index is 12.9. The Morgan fingerprint density at radius 2 is 1.54 bits per heavy atom. The first kappa shape index (κ1) is 19.8. The van der Waals surface area contributed by atoms with Crippen molar-refractivity contribution < 1.29 is 14.3 Å². The maximum atomic E-state index is 12.9. The minimum absolute atomic E-state index is 0.221. The zero-order chi connectivity index (χ0) is 19.9. The third-order valence-electron chi connectivity index (χ3n) is 4.61. The van der Waals surface area contributed by atoms with E-state index in [4.69, 9.17) is 4.74 Å². The highest BCUT2D eigenvalue weighted by Crippen LogP contribution is 2.26. The summed E-state index contributed by atoms with van der Waals surface area (Å²) >= 11 is 1.62. The van der Waals surface area contributed by atoms with E-state index in [1.165, 1.54) is 0 Å². The van der Waals surface area contributed by atoms with Gasteiger partial charge in [0, 0.05) is 11.9 Å². The lowest BCUT2D eigenvalue weighted by molar-refractivity contribution is -0.152. The van der Waals surface area contributed by atoms with Crippen LogP contribution in [0.25, 0.3) is 0 Å². The average molecular weight is 394 g/mol. The molecule has 1 amide bonds. The first-order valence-electron chi connectivity index (χ1n) is 9.09. The molecule has 1 heterocycles. The lowest BCUT2D eigenvalue weighted by Crippen LogP contribution is -2.31. The summed E-state index contributed by atoms with van der Waals surface area (Å²) in [6.07, 6.45) is 0. The number of likely N-dealkylation sites (N-methyl/N-ethyl adjacent to an activating group) is 1. The van der Waals surface area contributed by atoms with E-state index in [1.807, 2.05) is 79.0 Å². The van der Waals surface area contributed by atoms with Crippen molar-refractivity contribution in [2.24, 2.45) is 0 Å². The van der Waals surface area contributed by atoms with Gasteiger partial charge in [0.05, 0.1) is 6.54 Å². The van der Waals surface area contributed by atoms with Gasteiger partial charge in [0.2, 0.25) is 0 Å². The smallest absolute Gasteiger partial charge is 0.318 e. The second-order valence-corrected chi connectivity index (χ2v) is 7.64. The number of benzene rings is 2. The second kappa shape index (κ2) is 9.33. The van der Waals surface area contributed by atoms with Gasteiger partial charge in [0.1, 0.15) is 5.92 Å². The number of nitrogens with zero attached hydrogens (tertiary/aromatic N) is 1. The Labute approximate surface area is 169 Å². The highest BCUT2D eigenvalue weighted by Gasteiger charge is 2.25. The third kappa shape index (κ3) is 4.87. The number of hydrogen-bond donors (Lipinski definition) is 0. The van der Waals surface area contributed by atoms with Gasteiger partial charge in [-0.1, -0.05) is 60.7 Å². The van der Waals surface area contributed by atoms with Crippen LogP contribution in [0, 0.1) is 6.92 Å². The van der Waals surface area contributed by atoms with Crippen LogP contribution >= 0.6 is 11.3 Å². The number of aryl methyl sites for hydroxylation is 1. The molecule has 3 rings (SSSR count). The van der Waals surface area contributed by atoms with E-state index in [0.717, 1.165) is 21.6 Å². The van der Waals surface area contributed by atoms with Crippen molar-refractivity contribution in [2.75, 3.05) is 13.7 Å². The SMILES string of the molecule is Cc1ccsc1CN(C)C(=O)COC(=O)C(c1ccccc1)c1ccccc1. The van der Waals surface area contributed by atoms with Gasteiger partial charge < -0.3 is 9.64 Å². The van der Waals surface area contributed by atoms with E-state index in [-0.39, 0.29) is 12.5 Å². The molecule has 4 nitrogen and oxygen atoms in total. The van der Waals surface area contributed by atoms with Gasteiger partial charge in [-0.2, -0.15) is 0 Å². The van der Waals surface area contributed by atoms with Gasteiger partial charge in [0.25, 0.3) is 5.91 Å². The van der Waals surface area contributed by atoms with Crippen molar-refractivity contribution in [2.45, 2.75) is 19.4 Å². The Kier molecular flexibility index (Phi) is 6.61. The Bertz CT molecular complexity index is 882. The zero-order valence-electron chi connectivity index (χ0n) is 16.0. The van der Waals surface area contributed by atoms with Gasteiger partial charge >= 0.3 is 5.97 Å². The molecule has 0 atom stereocenters. The lowest BCUT2D eigenvalue weighted by atomic mass is 9.91. The molecule has 0 unspecified atom stereocenters. The van der Waals surface area contributed by atoms with E-state index in [9.17, 15) is 9.59 Å². The maximum Gasteiger partial charge on any atom is 0.318 e. The molecule has 5 heteroatoms. The number of rotatable bonds is 7. The highest BCUT2D eigenvalue weighted by molar-refractivity contribution is 7.10. The highest BCUT2D eigenvalue weighted by atomic mass is 32.1. The molecule has 0 spiro atoms. The van der Waals surface area contributed by atoms with Crippen LogP contribution in [0.3, 0.4) is 0 Å². The fourth-order valence-electron chi connectivity index (χ4n) is 2.95. The lowest BCUT2D eigenvalue weighted by Gasteiger charge is -2.19. The van der Waals surface area contributed by atoms with Crippen molar-refractivity contribution in [3.8, 4) is 0 Å². The predicted molar refractivity (Wildman–Crippen MR) is 111 cm³/mol. The molecule has 144 valence electrons. The summed E-state index contributed by atoms with van der Waals surface area (Å²) in [7, 11) is 1.72. The molecule has 0 aliphatic heterocycles. The van der Waals surface area contributed by atoms with E-state index >= 15 is 0 Å². The van der Waals surface area contributed by atoms with Gasteiger partial charge in [-0.05, 0) is 35.1 Å².